The second kappa shape index (κ2) is 13.0. The van der Waals surface area contributed by atoms with Gasteiger partial charge in [-0.15, -0.1) is 0 Å². The summed E-state index contributed by atoms with van der Waals surface area (Å²) < 4.78 is 0. The molecule has 7 nitrogen and oxygen atoms in total. The van der Waals surface area contributed by atoms with Crippen LogP contribution in [-0.4, -0.2) is 64.7 Å². The summed E-state index contributed by atoms with van der Waals surface area (Å²) in [4.78, 5) is 37.7. The van der Waals surface area contributed by atoms with Gasteiger partial charge in [0.05, 0.1) is 5.75 Å². The van der Waals surface area contributed by atoms with Crippen molar-refractivity contribution in [3.05, 3.63) is 45.0 Å². The second-order valence-corrected chi connectivity index (χ2v) is 11.1. The summed E-state index contributed by atoms with van der Waals surface area (Å²) in [6.07, 6.45) is 1.16. The quantitative estimate of drug-likeness (QED) is 0.266. The molecule has 1 fully saturated rings. The zero-order valence-electron chi connectivity index (χ0n) is 20.1. The van der Waals surface area contributed by atoms with Crippen molar-refractivity contribution in [1.29, 1.82) is 0 Å². The highest BCUT2D eigenvalue weighted by Crippen LogP contribution is 2.25. The molecular formula is C24H30Cl3N5O2S. The third-order valence-electron chi connectivity index (χ3n) is 5.58. The maximum Gasteiger partial charge on any atom is 0.230 e. The van der Waals surface area contributed by atoms with Crippen LogP contribution in [0.4, 0.5) is 5.82 Å². The third-order valence-corrected chi connectivity index (χ3v) is 7.21. The Morgan fingerprint density at radius 2 is 1.94 bits per heavy atom. The number of nitrogens with one attached hydrogen (secondary N) is 1. The highest BCUT2D eigenvalue weighted by atomic mass is 35.5. The van der Waals surface area contributed by atoms with Crippen molar-refractivity contribution in [2.75, 3.05) is 36.8 Å². The molecule has 190 valence electrons. The van der Waals surface area contributed by atoms with Crippen molar-refractivity contribution in [1.82, 2.24) is 20.2 Å². The van der Waals surface area contributed by atoms with Crippen LogP contribution >= 0.6 is 46.6 Å². The minimum absolute atomic E-state index is 0.0692. The number of anilines is 1. The number of thioether (sulfide) groups is 1. The summed E-state index contributed by atoms with van der Waals surface area (Å²) in [5.74, 6) is 1.26. The van der Waals surface area contributed by atoms with Crippen molar-refractivity contribution in [3.8, 4) is 0 Å². The Morgan fingerprint density at radius 3 is 2.63 bits per heavy atom. The van der Waals surface area contributed by atoms with E-state index in [0.29, 0.717) is 71.1 Å². The molecule has 0 saturated carbocycles. The number of hydrogen-bond acceptors (Lipinski definition) is 6. The number of carbonyl (C=O) groups excluding carboxylic acids is 2. The molecule has 1 aliphatic rings. The Hall–Kier alpha value is -1.74. The number of nitrogens with zero attached hydrogens (tertiary/aromatic N) is 4. The molecule has 11 heteroatoms. The molecule has 2 heterocycles. The van der Waals surface area contributed by atoms with E-state index in [-0.39, 0.29) is 23.6 Å². The summed E-state index contributed by atoms with van der Waals surface area (Å²) in [5.41, 5.74) is 0.923. The number of hydrogen-bond donors (Lipinski definition) is 1. The zero-order chi connectivity index (χ0) is 25.5. The third kappa shape index (κ3) is 8.41. The van der Waals surface area contributed by atoms with Crippen molar-refractivity contribution < 1.29 is 9.59 Å². The molecule has 0 spiro atoms. The van der Waals surface area contributed by atoms with Gasteiger partial charge in [0, 0.05) is 54.8 Å². The molecule has 0 bridgehead atoms. The fourth-order valence-corrected chi connectivity index (χ4v) is 5.27. The summed E-state index contributed by atoms with van der Waals surface area (Å²) in [7, 11) is 0. The van der Waals surface area contributed by atoms with Crippen molar-refractivity contribution in [2.45, 2.75) is 44.8 Å². The average molecular weight is 559 g/mol. The lowest BCUT2D eigenvalue weighted by molar-refractivity contribution is -0.134. The molecule has 1 atom stereocenters. The molecule has 1 aliphatic heterocycles. The number of benzene rings is 1. The lowest BCUT2D eigenvalue weighted by Gasteiger charge is -2.40. The first-order valence-electron chi connectivity index (χ1n) is 11.5. The number of aromatic nitrogens is 2. The van der Waals surface area contributed by atoms with Crippen LogP contribution in [0.25, 0.3) is 0 Å². The Labute approximate surface area is 225 Å². The van der Waals surface area contributed by atoms with Gasteiger partial charge < -0.3 is 15.1 Å². The normalized spacial score (nSPS) is 16.0. The summed E-state index contributed by atoms with van der Waals surface area (Å²) in [6, 6.07) is 7.11. The van der Waals surface area contributed by atoms with E-state index in [2.05, 4.69) is 34.0 Å². The zero-order valence-corrected chi connectivity index (χ0v) is 23.1. The smallest absolute Gasteiger partial charge is 0.230 e. The van der Waals surface area contributed by atoms with E-state index in [1.807, 2.05) is 17.9 Å². The van der Waals surface area contributed by atoms with Gasteiger partial charge in [-0.1, -0.05) is 66.5 Å². The Kier molecular flexibility index (Phi) is 10.3. The van der Waals surface area contributed by atoms with Gasteiger partial charge in [0.25, 0.3) is 0 Å². The Balaban J connectivity index is 1.51. The number of piperazine rings is 1. The van der Waals surface area contributed by atoms with E-state index < -0.39 is 0 Å². The van der Waals surface area contributed by atoms with E-state index in [9.17, 15) is 9.59 Å². The summed E-state index contributed by atoms with van der Waals surface area (Å²) in [6.45, 7) is 8.57. The van der Waals surface area contributed by atoms with Gasteiger partial charge in [-0.3, -0.25) is 9.59 Å². The van der Waals surface area contributed by atoms with E-state index >= 15 is 0 Å². The SMILES string of the molecule is CC(C)CC(=O)N1CCN(c2cc(Cl)nc(SCC(=O)NCCc3ccc(Cl)cc3Cl)n2)CC1C. The van der Waals surface area contributed by atoms with Gasteiger partial charge in [-0.05, 0) is 37.0 Å². The van der Waals surface area contributed by atoms with Gasteiger partial charge >= 0.3 is 0 Å². The minimum Gasteiger partial charge on any atom is -0.355 e. The Morgan fingerprint density at radius 1 is 1.17 bits per heavy atom. The van der Waals surface area contributed by atoms with Crippen LogP contribution in [0, 0.1) is 5.92 Å². The summed E-state index contributed by atoms with van der Waals surface area (Å²) >= 11 is 19.6. The predicted molar refractivity (Wildman–Crippen MR) is 144 cm³/mol. The number of halogens is 3. The van der Waals surface area contributed by atoms with E-state index in [1.165, 1.54) is 11.8 Å². The van der Waals surface area contributed by atoms with Crippen molar-refractivity contribution in [2.24, 2.45) is 5.92 Å². The van der Waals surface area contributed by atoms with E-state index in [0.717, 1.165) is 5.56 Å². The number of amides is 2. The van der Waals surface area contributed by atoms with E-state index in [1.54, 1.807) is 18.2 Å². The molecule has 3 rings (SSSR count). The monoisotopic (exact) mass is 557 g/mol. The van der Waals surface area contributed by atoms with Crippen LogP contribution in [0.1, 0.15) is 32.8 Å². The molecular weight excluding hydrogens is 529 g/mol. The number of rotatable bonds is 9. The highest BCUT2D eigenvalue weighted by Gasteiger charge is 2.28. The molecule has 0 radical (unpaired) electrons. The van der Waals surface area contributed by atoms with Gasteiger partial charge in [0.2, 0.25) is 11.8 Å². The molecule has 1 aromatic carbocycles. The molecule has 2 aromatic rings. The molecule has 1 aromatic heterocycles. The first-order chi connectivity index (χ1) is 16.6. The van der Waals surface area contributed by atoms with Crippen LogP contribution in [0.2, 0.25) is 15.2 Å². The maximum atomic E-state index is 12.5. The first kappa shape index (κ1) is 27.8. The minimum atomic E-state index is -0.129. The lowest BCUT2D eigenvalue weighted by Crippen LogP contribution is -2.54. The lowest BCUT2D eigenvalue weighted by atomic mass is 10.1. The fourth-order valence-electron chi connectivity index (χ4n) is 3.86. The van der Waals surface area contributed by atoms with E-state index in [4.69, 9.17) is 34.8 Å². The molecule has 2 amide bonds. The van der Waals surface area contributed by atoms with Gasteiger partial charge in [-0.2, -0.15) is 0 Å². The number of carbonyl (C=O) groups is 2. The average Bonchev–Trinajstić information content (AvgIpc) is 2.78. The molecule has 1 saturated heterocycles. The van der Waals surface area contributed by atoms with Crippen molar-refractivity contribution >= 4 is 64.2 Å². The summed E-state index contributed by atoms with van der Waals surface area (Å²) in [5, 5.41) is 4.81. The van der Waals surface area contributed by atoms with Crippen LogP contribution < -0.4 is 10.2 Å². The highest BCUT2D eigenvalue weighted by molar-refractivity contribution is 7.99. The second-order valence-electron chi connectivity index (χ2n) is 8.94. The van der Waals surface area contributed by atoms with Crippen molar-refractivity contribution in [3.63, 3.8) is 0 Å². The van der Waals surface area contributed by atoms with Crippen LogP contribution in [-0.2, 0) is 16.0 Å². The largest absolute Gasteiger partial charge is 0.355 e. The predicted octanol–water partition coefficient (Wildman–Crippen LogP) is 4.97. The van der Waals surface area contributed by atoms with Gasteiger partial charge in [0.15, 0.2) is 5.16 Å². The van der Waals surface area contributed by atoms with Crippen LogP contribution in [0.5, 0.6) is 0 Å². The standard InChI is InChI=1S/C24H30Cl3N5O2S/c1-15(2)10-23(34)32-9-8-31(13-16(32)3)21-12-20(27)29-24(30-21)35-14-22(33)28-7-6-17-4-5-18(25)11-19(17)26/h4-5,11-12,15-16H,6-10,13-14H2,1-3H3,(H,28,33). The van der Waals surface area contributed by atoms with Crippen LogP contribution in [0.15, 0.2) is 29.4 Å². The first-order valence-corrected chi connectivity index (χ1v) is 13.7. The molecule has 1 unspecified atom stereocenters. The van der Waals surface area contributed by atoms with Crippen LogP contribution in [0.3, 0.4) is 0 Å². The fraction of sp³-hybridized carbons (Fsp3) is 0.500. The molecule has 0 aliphatic carbocycles. The molecule has 1 N–H and O–H groups in total. The van der Waals surface area contributed by atoms with Gasteiger partial charge in [0.1, 0.15) is 11.0 Å². The Bertz CT molecular complexity index is 1060. The molecule has 35 heavy (non-hydrogen) atoms. The topological polar surface area (TPSA) is 78.4 Å². The van der Waals surface area contributed by atoms with Gasteiger partial charge in [-0.25, -0.2) is 9.97 Å². The maximum absolute atomic E-state index is 12.5.